The molecule has 0 aliphatic carbocycles. The number of hydrogen-bond donors (Lipinski definition) is 0. The third-order valence-electron chi connectivity index (χ3n) is 7.09. The zero-order valence-electron chi connectivity index (χ0n) is 24.7. The van der Waals surface area contributed by atoms with Gasteiger partial charge in [0, 0.05) is 0 Å². The standard InChI is InChI=1S/C33H64O3/c1-3-5-7-9-11-13-15-17-19-21-23-25-27-29-31-35-33(34)36-32-30-28-26-24-22-20-18-16-14-12-10-8-6-4-2/h13,15H,3-12,14,16-32H2,1-2H3. The molecule has 0 fully saturated rings. The van der Waals surface area contributed by atoms with Crippen LogP contribution in [0.25, 0.3) is 0 Å². The van der Waals surface area contributed by atoms with Crippen molar-refractivity contribution in [2.45, 2.75) is 181 Å². The maximum Gasteiger partial charge on any atom is 0.508 e. The molecule has 0 spiro atoms. The monoisotopic (exact) mass is 508 g/mol. The third kappa shape index (κ3) is 31.0. The molecule has 0 aliphatic rings. The van der Waals surface area contributed by atoms with E-state index in [4.69, 9.17) is 9.47 Å². The molecule has 3 heteroatoms. The molecule has 214 valence electrons. The summed E-state index contributed by atoms with van der Waals surface area (Å²) in [5, 5.41) is 0. The Labute approximate surface area is 226 Å². The van der Waals surface area contributed by atoms with Crippen molar-refractivity contribution < 1.29 is 14.3 Å². The summed E-state index contributed by atoms with van der Waals surface area (Å²) < 4.78 is 10.4. The number of rotatable bonds is 29. The Morgan fingerprint density at radius 2 is 0.694 bits per heavy atom. The second-order valence-electron chi connectivity index (χ2n) is 10.8. The van der Waals surface area contributed by atoms with E-state index in [9.17, 15) is 4.79 Å². The lowest BCUT2D eigenvalue weighted by Crippen LogP contribution is -2.09. The summed E-state index contributed by atoms with van der Waals surface area (Å²) in [5.41, 5.74) is 0. The van der Waals surface area contributed by atoms with Gasteiger partial charge in [-0.1, -0.05) is 154 Å². The van der Waals surface area contributed by atoms with E-state index in [0.29, 0.717) is 13.2 Å². The van der Waals surface area contributed by atoms with Crippen molar-refractivity contribution in [3.63, 3.8) is 0 Å². The van der Waals surface area contributed by atoms with Crippen molar-refractivity contribution in [1.82, 2.24) is 0 Å². The number of allylic oxidation sites excluding steroid dienone is 2. The van der Waals surface area contributed by atoms with Gasteiger partial charge in [-0.3, -0.25) is 0 Å². The highest BCUT2D eigenvalue weighted by Gasteiger charge is 2.03. The third-order valence-corrected chi connectivity index (χ3v) is 7.09. The van der Waals surface area contributed by atoms with Gasteiger partial charge in [0.1, 0.15) is 0 Å². The maximum atomic E-state index is 11.7. The fourth-order valence-corrected chi connectivity index (χ4v) is 4.65. The molecule has 0 unspecified atom stereocenters. The SMILES string of the molecule is CCCCCCC=CCCCCCCCCOC(=O)OCCCCCCCCCCCCCCCC. The zero-order chi connectivity index (χ0) is 26.2. The predicted molar refractivity (Wildman–Crippen MR) is 158 cm³/mol. The number of ether oxygens (including phenoxy) is 2. The Balaban J connectivity index is 3.18. The molecule has 0 rings (SSSR count). The van der Waals surface area contributed by atoms with Gasteiger partial charge in [-0.15, -0.1) is 0 Å². The highest BCUT2D eigenvalue weighted by atomic mass is 16.7. The minimum atomic E-state index is -0.480. The summed E-state index contributed by atoms with van der Waals surface area (Å²) in [7, 11) is 0. The van der Waals surface area contributed by atoms with Crippen LogP contribution in [0, 0.1) is 0 Å². The normalized spacial score (nSPS) is 11.4. The molecule has 0 heterocycles. The topological polar surface area (TPSA) is 35.5 Å². The van der Waals surface area contributed by atoms with Crippen LogP contribution < -0.4 is 0 Å². The second kappa shape index (κ2) is 32.0. The van der Waals surface area contributed by atoms with E-state index in [0.717, 1.165) is 25.7 Å². The van der Waals surface area contributed by atoms with Crippen LogP contribution in [-0.2, 0) is 9.47 Å². The maximum absolute atomic E-state index is 11.7. The molecule has 0 radical (unpaired) electrons. The Bertz CT molecular complexity index is 446. The highest BCUT2D eigenvalue weighted by molar-refractivity contribution is 5.59. The Hall–Kier alpha value is -0.990. The summed E-state index contributed by atoms with van der Waals surface area (Å²) in [5.74, 6) is 0. The van der Waals surface area contributed by atoms with Crippen LogP contribution in [0.4, 0.5) is 4.79 Å². The lowest BCUT2D eigenvalue weighted by Gasteiger charge is -2.06. The van der Waals surface area contributed by atoms with Crippen molar-refractivity contribution >= 4 is 6.16 Å². The summed E-state index contributed by atoms with van der Waals surface area (Å²) in [6, 6.07) is 0. The Morgan fingerprint density at radius 1 is 0.417 bits per heavy atom. The molecule has 0 aliphatic heterocycles. The molecule has 0 aromatic carbocycles. The van der Waals surface area contributed by atoms with Crippen LogP contribution >= 0.6 is 0 Å². The zero-order valence-corrected chi connectivity index (χ0v) is 24.7. The number of hydrogen-bond acceptors (Lipinski definition) is 3. The second-order valence-corrected chi connectivity index (χ2v) is 10.8. The molecule has 0 bridgehead atoms. The van der Waals surface area contributed by atoms with Gasteiger partial charge in [-0.25, -0.2) is 4.79 Å². The summed E-state index contributed by atoms with van der Waals surface area (Å²) >= 11 is 0. The van der Waals surface area contributed by atoms with Crippen molar-refractivity contribution in [1.29, 1.82) is 0 Å². The van der Waals surface area contributed by atoms with Crippen LogP contribution in [0.1, 0.15) is 181 Å². The smallest absolute Gasteiger partial charge is 0.434 e. The highest BCUT2D eigenvalue weighted by Crippen LogP contribution is 2.13. The van der Waals surface area contributed by atoms with Gasteiger partial charge >= 0.3 is 6.16 Å². The van der Waals surface area contributed by atoms with E-state index < -0.39 is 6.16 Å². The van der Waals surface area contributed by atoms with Gasteiger partial charge < -0.3 is 9.47 Å². The van der Waals surface area contributed by atoms with E-state index in [-0.39, 0.29) is 0 Å². The van der Waals surface area contributed by atoms with Gasteiger partial charge in [0.25, 0.3) is 0 Å². The first-order chi connectivity index (χ1) is 17.8. The largest absolute Gasteiger partial charge is 0.508 e. The van der Waals surface area contributed by atoms with Crippen molar-refractivity contribution in [3.05, 3.63) is 12.2 Å². The lowest BCUT2D eigenvalue weighted by molar-refractivity contribution is 0.0529. The molecular weight excluding hydrogens is 444 g/mol. The molecule has 0 saturated heterocycles. The van der Waals surface area contributed by atoms with E-state index in [2.05, 4.69) is 26.0 Å². The van der Waals surface area contributed by atoms with Crippen LogP contribution in [0.5, 0.6) is 0 Å². The Morgan fingerprint density at radius 3 is 1.06 bits per heavy atom. The minimum Gasteiger partial charge on any atom is -0.434 e. The average Bonchev–Trinajstić information content (AvgIpc) is 2.88. The van der Waals surface area contributed by atoms with E-state index in [1.807, 2.05) is 0 Å². The summed E-state index contributed by atoms with van der Waals surface area (Å²) in [4.78, 5) is 11.7. The van der Waals surface area contributed by atoms with Crippen LogP contribution in [0.3, 0.4) is 0 Å². The number of unbranched alkanes of at least 4 members (excludes halogenated alkanes) is 23. The molecule has 0 amide bonds. The molecule has 0 aromatic heterocycles. The van der Waals surface area contributed by atoms with Crippen LogP contribution in [0.15, 0.2) is 12.2 Å². The van der Waals surface area contributed by atoms with Gasteiger partial charge in [0.2, 0.25) is 0 Å². The van der Waals surface area contributed by atoms with E-state index in [1.54, 1.807) is 0 Å². The molecule has 3 nitrogen and oxygen atoms in total. The minimum absolute atomic E-state index is 0.480. The molecule has 0 N–H and O–H groups in total. The van der Waals surface area contributed by atoms with Gasteiger partial charge in [0.15, 0.2) is 0 Å². The number of carbonyl (C=O) groups excluding carboxylic acids is 1. The van der Waals surface area contributed by atoms with Gasteiger partial charge in [-0.2, -0.15) is 0 Å². The summed E-state index contributed by atoms with van der Waals surface area (Å²) in [6.45, 7) is 5.55. The first kappa shape index (κ1) is 35.0. The first-order valence-electron chi connectivity index (χ1n) is 16.3. The fraction of sp³-hybridized carbons (Fsp3) is 0.909. The quantitative estimate of drug-likeness (QED) is 0.0572. The molecule has 0 saturated carbocycles. The van der Waals surface area contributed by atoms with Crippen LogP contribution in [-0.4, -0.2) is 19.4 Å². The molecule has 0 aromatic rings. The van der Waals surface area contributed by atoms with Crippen molar-refractivity contribution in [3.8, 4) is 0 Å². The van der Waals surface area contributed by atoms with E-state index >= 15 is 0 Å². The van der Waals surface area contributed by atoms with E-state index in [1.165, 1.54) is 141 Å². The fourth-order valence-electron chi connectivity index (χ4n) is 4.65. The molecule has 36 heavy (non-hydrogen) atoms. The van der Waals surface area contributed by atoms with Gasteiger partial charge in [-0.05, 0) is 38.5 Å². The average molecular weight is 509 g/mol. The predicted octanol–water partition coefficient (Wildman–Crippen LogP) is 11.9. The van der Waals surface area contributed by atoms with Gasteiger partial charge in [0.05, 0.1) is 13.2 Å². The van der Waals surface area contributed by atoms with Crippen molar-refractivity contribution in [2.24, 2.45) is 0 Å². The number of carbonyl (C=O) groups is 1. The van der Waals surface area contributed by atoms with Crippen molar-refractivity contribution in [2.75, 3.05) is 13.2 Å². The first-order valence-corrected chi connectivity index (χ1v) is 16.3. The summed E-state index contributed by atoms with van der Waals surface area (Å²) in [6.07, 6.45) is 38.1. The Kier molecular flexibility index (Phi) is 31.2. The van der Waals surface area contributed by atoms with Crippen LogP contribution in [0.2, 0.25) is 0 Å². The lowest BCUT2D eigenvalue weighted by atomic mass is 10.0. The molecule has 0 atom stereocenters. The molecular formula is C33H64O3.